The molecule has 2 aliphatic heterocycles. The predicted molar refractivity (Wildman–Crippen MR) is 143 cm³/mol. The Bertz CT molecular complexity index is 1490. The second kappa shape index (κ2) is 9.84. The molecular formula is C27H26ClF3N6O3. The van der Waals surface area contributed by atoms with Crippen LogP contribution >= 0.6 is 11.6 Å². The monoisotopic (exact) mass is 574 g/mol. The number of nitrogens with two attached hydrogens (primary N) is 1. The number of aromatic nitrogens is 1. The highest BCUT2D eigenvalue weighted by molar-refractivity contribution is 6.33. The van der Waals surface area contributed by atoms with Gasteiger partial charge in [0.15, 0.2) is 0 Å². The molecule has 1 saturated carbocycles. The number of carbonyl (C=O) groups is 2. The van der Waals surface area contributed by atoms with Gasteiger partial charge >= 0.3 is 12.1 Å². The first-order valence-electron chi connectivity index (χ1n) is 12.5. The van der Waals surface area contributed by atoms with Gasteiger partial charge in [0.1, 0.15) is 23.5 Å². The number of fused-ring (bicyclic) bond motifs is 1. The van der Waals surface area contributed by atoms with Crippen LogP contribution in [0.25, 0.3) is 5.70 Å². The number of hydrogen-bond donors (Lipinski definition) is 4. The molecule has 13 heteroatoms. The highest BCUT2D eigenvalue weighted by Gasteiger charge is 2.53. The molecule has 5 rings (SSSR count). The number of nitrogens with zero attached hydrogens (tertiary/aromatic N) is 3. The smallest absolute Gasteiger partial charge is 0.416 e. The van der Waals surface area contributed by atoms with Crippen molar-refractivity contribution >= 4 is 40.8 Å². The highest BCUT2D eigenvalue weighted by Crippen LogP contribution is 2.52. The molecule has 1 aliphatic carbocycles. The summed E-state index contributed by atoms with van der Waals surface area (Å²) in [5.74, 6) is -2.08. The van der Waals surface area contributed by atoms with E-state index in [2.05, 4.69) is 20.6 Å². The number of aliphatic carboxylic acids is 1. The van der Waals surface area contributed by atoms with Gasteiger partial charge in [0, 0.05) is 35.6 Å². The number of benzene rings is 1. The van der Waals surface area contributed by atoms with Crippen molar-refractivity contribution in [3.8, 4) is 0 Å². The standard InChI is InChI=1S/C27H26ClF3N6O3/c1-26(2)16(5-6-17(26)25(39)40)23-36-20(21-22(32)34-9-10-37(21)23)15-4-3-13(11-18(15)28)24(38)35-19-12-14(7-8-33-19)27(29,30)31/h3-4,7-12,16-17,23,36H,5-6H2,1-2H3,(H2,32,34)(H,39,40)(H,33,35,38)/t16?,17-,23?/m1/s1. The van der Waals surface area contributed by atoms with E-state index >= 15 is 0 Å². The summed E-state index contributed by atoms with van der Waals surface area (Å²) >= 11 is 6.64. The van der Waals surface area contributed by atoms with Crippen LogP contribution in [-0.4, -0.2) is 38.9 Å². The Labute approximate surface area is 232 Å². The summed E-state index contributed by atoms with van der Waals surface area (Å²) in [5.41, 5.74) is 6.60. The maximum absolute atomic E-state index is 13.0. The normalized spacial score (nSPS) is 23.5. The van der Waals surface area contributed by atoms with Crippen molar-refractivity contribution in [2.24, 2.45) is 28.0 Å². The Kier molecular flexibility index (Phi) is 6.77. The Morgan fingerprint density at radius 1 is 1.23 bits per heavy atom. The molecule has 40 heavy (non-hydrogen) atoms. The first-order chi connectivity index (χ1) is 18.8. The first kappa shape index (κ1) is 27.5. The molecule has 9 nitrogen and oxygen atoms in total. The zero-order valence-electron chi connectivity index (χ0n) is 21.5. The molecule has 3 atom stereocenters. The van der Waals surface area contributed by atoms with Crippen molar-refractivity contribution in [1.29, 1.82) is 0 Å². The van der Waals surface area contributed by atoms with Gasteiger partial charge in [0.25, 0.3) is 5.91 Å². The number of carbonyl (C=O) groups excluding carboxylic acids is 1. The quantitative estimate of drug-likeness (QED) is 0.400. The molecule has 1 fully saturated rings. The molecule has 0 spiro atoms. The second-order valence-corrected chi connectivity index (χ2v) is 10.9. The number of anilines is 1. The summed E-state index contributed by atoms with van der Waals surface area (Å²) in [7, 11) is 0. The summed E-state index contributed by atoms with van der Waals surface area (Å²) in [6.45, 7) is 3.90. The van der Waals surface area contributed by atoms with Crippen molar-refractivity contribution in [1.82, 2.24) is 15.2 Å². The minimum absolute atomic E-state index is 0.0551. The molecule has 3 heterocycles. The van der Waals surface area contributed by atoms with Gasteiger partial charge in [-0.3, -0.25) is 9.59 Å². The van der Waals surface area contributed by atoms with Gasteiger partial charge < -0.3 is 26.4 Å². The Morgan fingerprint density at radius 2 is 1.98 bits per heavy atom. The largest absolute Gasteiger partial charge is 0.481 e. The van der Waals surface area contributed by atoms with Crippen LogP contribution in [0.2, 0.25) is 5.02 Å². The molecule has 3 aliphatic rings. The van der Waals surface area contributed by atoms with Crippen LogP contribution < -0.4 is 16.4 Å². The number of carboxylic acid groups (broad SMARTS) is 1. The summed E-state index contributed by atoms with van der Waals surface area (Å²) in [5, 5.41) is 15.8. The number of amides is 1. The van der Waals surface area contributed by atoms with E-state index in [9.17, 15) is 27.9 Å². The van der Waals surface area contributed by atoms with Crippen LogP contribution in [0.3, 0.4) is 0 Å². The van der Waals surface area contributed by atoms with Gasteiger partial charge in [-0.2, -0.15) is 13.2 Å². The van der Waals surface area contributed by atoms with Crippen LogP contribution in [0.5, 0.6) is 0 Å². The lowest BCUT2D eigenvalue weighted by molar-refractivity contribution is -0.145. The summed E-state index contributed by atoms with van der Waals surface area (Å²) in [6, 6.07) is 6.06. The molecule has 0 bridgehead atoms. The lowest BCUT2D eigenvalue weighted by Gasteiger charge is -2.39. The highest BCUT2D eigenvalue weighted by atomic mass is 35.5. The number of carboxylic acids is 1. The third-order valence-corrected chi connectivity index (χ3v) is 8.21. The molecule has 1 aromatic carbocycles. The zero-order chi connectivity index (χ0) is 29.0. The molecule has 1 amide bonds. The molecule has 210 valence electrons. The van der Waals surface area contributed by atoms with E-state index in [4.69, 9.17) is 17.3 Å². The molecular weight excluding hydrogens is 549 g/mol. The van der Waals surface area contributed by atoms with Crippen LogP contribution in [0.15, 0.2) is 59.6 Å². The fourth-order valence-corrected chi connectivity index (χ4v) is 6.08. The van der Waals surface area contributed by atoms with Crippen molar-refractivity contribution in [3.05, 3.63) is 76.3 Å². The fraction of sp³-hybridized carbons (Fsp3) is 0.333. The Hall–Kier alpha value is -4.06. The second-order valence-electron chi connectivity index (χ2n) is 10.5. The number of nitrogens with one attached hydrogen (secondary N) is 2. The van der Waals surface area contributed by atoms with Gasteiger partial charge in [-0.1, -0.05) is 31.5 Å². The molecule has 1 aromatic heterocycles. The van der Waals surface area contributed by atoms with E-state index in [1.807, 2.05) is 18.7 Å². The molecule has 0 saturated heterocycles. The summed E-state index contributed by atoms with van der Waals surface area (Å²) in [4.78, 5) is 34.7. The topological polar surface area (TPSA) is 133 Å². The van der Waals surface area contributed by atoms with E-state index in [1.165, 1.54) is 12.1 Å². The molecule has 2 aromatic rings. The Balaban J connectivity index is 1.43. The maximum atomic E-state index is 13.0. The number of halogens is 4. The SMILES string of the molecule is CC1(C)C(C2NC(c3ccc(C(=O)Nc4cc(C(F)(F)F)ccn4)cc3Cl)=C3C(N)=NC=CN32)CC[C@@H]1C(=O)O. The van der Waals surface area contributed by atoms with E-state index < -0.39 is 34.9 Å². The number of pyridine rings is 1. The minimum Gasteiger partial charge on any atom is -0.481 e. The maximum Gasteiger partial charge on any atom is 0.416 e. The van der Waals surface area contributed by atoms with Crippen molar-refractivity contribution < 1.29 is 27.9 Å². The van der Waals surface area contributed by atoms with Crippen LogP contribution in [-0.2, 0) is 11.0 Å². The van der Waals surface area contributed by atoms with Gasteiger partial charge in [-0.05, 0) is 42.5 Å². The number of aliphatic imine (C=N–C) groups is 1. The lowest BCUT2D eigenvalue weighted by atomic mass is 9.74. The van der Waals surface area contributed by atoms with Gasteiger partial charge in [0.05, 0.1) is 22.2 Å². The Morgan fingerprint density at radius 3 is 2.62 bits per heavy atom. The predicted octanol–water partition coefficient (Wildman–Crippen LogP) is 4.89. The third-order valence-electron chi connectivity index (χ3n) is 7.90. The average Bonchev–Trinajstić information content (AvgIpc) is 3.40. The molecule has 0 radical (unpaired) electrons. The summed E-state index contributed by atoms with van der Waals surface area (Å²) < 4.78 is 39.1. The van der Waals surface area contributed by atoms with E-state index in [0.717, 1.165) is 18.3 Å². The lowest BCUT2D eigenvalue weighted by Crippen LogP contribution is -2.48. The summed E-state index contributed by atoms with van der Waals surface area (Å²) in [6.07, 6.45) is 0.639. The number of amidine groups is 1. The van der Waals surface area contributed by atoms with Gasteiger partial charge in [-0.15, -0.1) is 0 Å². The van der Waals surface area contributed by atoms with Crippen LogP contribution in [0.4, 0.5) is 19.0 Å². The third kappa shape index (κ3) is 4.76. The average molecular weight is 575 g/mol. The fourth-order valence-electron chi connectivity index (χ4n) is 5.81. The zero-order valence-corrected chi connectivity index (χ0v) is 22.2. The van der Waals surface area contributed by atoms with E-state index in [1.54, 1.807) is 18.5 Å². The van der Waals surface area contributed by atoms with Crippen molar-refractivity contribution in [2.45, 2.75) is 39.0 Å². The van der Waals surface area contributed by atoms with Crippen molar-refractivity contribution in [2.75, 3.05) is 5.32 Å². The van der Waals surface area contributed by atoms with Crippen molar-refractivity contribution in [3.63, 3.8) is 0 Å². The molecule has 5 N–H and O–H groups in total. The van der Waals surface area contributed by atoms with Crippen LogP contribution in [0.1, 0.15) is 48.2 Å². The minimum atomic E-state index is -4.58. The van der Waals surface area contributed by atoms with E-state index in [0.29, 0.717) is 29.8 Å². The van der Waals surface area contributed by atoms with Crippen LogP contribution in [0, 0.1) is 17.3 Å². The number of alkyl halides is 3. The molecule has 2 unspecified atom stereocenters. The number of rotatable bonds is 5. The van der Waals surface area contributed by atoms with Gasteiger partial charge in [0.2, 0.25) is 0 Å². The van der Waals surface area contributed by atoms with E-state index in [-0.39, 0.29) is 34.3 Å². The van der Waals surface area contributed by atoms with Gasteiger partial charge in [-0.25, -0.2) is 9.98 Å². The first-order valence-corrected chi connectivity index (χ1v) is 12.8. The number of hydrogen-bond acceptors (Lipinski definition) is 7.